The maximum Gasteiger partial charge on any atom is 0.508 e. The van der Waals surface area contributed by atoms with Gasteiger partial charge >= 0.3 is 12.3 Å². The highest BCUT2D eigenvalue weighted by Gasteiger charge is 2.32. The van der Waals surface area contributed by atoms with E-state index in [1.807, 2.05) is 6.08 Å². The van der Waals surface area contributed by atoms with Gasteiger partial charge in [0.2, 0.25) is 0 Å². The number of methoxy groups -OCH3 is 2. The summed E-state index contributed by atoms with van der Waals surface area (Å²) in [6.07, 6.45) is 0.403. The zero-order chi connectivity index (χ0) is 16.3. The van der Waals surface area contributed by atoms with Crippen LogP contribution in [0.4, 0.5) is 9.59 Å². The second kappa shape index (κ2) is 10.3. The van der Waals surface area contributed by atoms with Crippen molar-refractivity contribution in [3.8, 4) is 0 Å². The first kappa shape index (κ1) is 19.5. The summed E-state index contributed by atoms with van der Waals surface area (Å²) in [5, 5.41) is 1.06. The molecule has 0 unspecified atom stereocenters. The molecule has 0 aromatic heterocycles. The van der Waals surface area contributed by atoms with Gasteiger partial charge in [0, 0.05) is 0 Å². The van der Waals surface area contributed by atoms with Crippen LogP contribution in [0.25, 0.3) is 0 Å². The second-order valence-corrected chi connectivity index (χ2v) is 9.90. The fourth-order valence-electron chi connectivity index (χ4n) is 2.32. The van der Waals surface area contributed by atoms with E-state index in [4.69, 9.17) is 9.47 Å². The quantitative estimate of drug-likeness (QED) is 0.503. The van der Waals surface area contributed by atoms with Crippen LogP contribution in [-0.2, 0) is 18.9 Å². The fraction of sp³-hybridized carbons (Fsp3) is 0.714. The first-order valence-electron chi connectivity index (χ1n) is 7.10. The molecular weight excluding hydrogens is 292 g/mol. The molecule has 0 aliphatic carbocycles. The van der Waals surface area contributed by atoms with Gasteiger partial charge in [0.25, 0.3) is 0 Å². The maximum atomic E-state index is 11.2. The molecule has 0 spiro atoms. The molecule has 0 amide bonds. The van der Waals surface area contributed by atoms with Crippen LogP contribution in [0.15, 0.2) is 11.3 Å². The summed E-state index contributed by atoms with van der Waals surface area (Å²) in [5.74, 6) is 0. The molecule has 0 aromatic carbocycles. The van der Waals surface area contributed by atoms with Gasteiger partial charge in [-0.05, 0) is 11.3 Å². The monoisotopic (exact) mass is 318 g/mol. The molecule has 0 bridgehead atoms. The molecular formula is C14H26O6Si. The Morgan fingerprint density at radius 1 is 0.905 bits per heavy atom. The predicted octanol–water partition coefficient (Wildman–Crippen LogP) is 3.53. The van der Waals surface area contributed by atoms with Gasteiger partial charge in [0.05, 0.1) is 22.3 Å². The lowest BCUT2D eigenvalue weighted by molar-refractivity contribution is 0.0774. The van der Waals surface area contributed by atoms with Crippen molar-refractivity contribution < 1.29 is 28.5 Å². The number of hydrogen-bond acceptors (Lipinski definition) is 6. The van der Waals surface area contributed by atoms with Crippen LogP contribution in [0.1, 0.15) is 20.8 Å². The van der Waals surface area contributed by atoms with Crippen molar-refractivity contribution in [1.29, 1.82) is 0 Å². The molecule has 6 nitrogen and oxygen atoms in total. The molecule has 0 atom stereocenters. The largest absolute Gasteiger partial charge is 0.508 e. The summed E-state index contributed by atoms with van der Waals surface area (Å²) in [7, 11) is 0.822. The molecule has 0 aliphatic heterocycles. The number of rotatable bonds is 8. The van der Waals surface area contributed by atoms with E-state index in [0.29, 0.717) is 0 Å². The molecule has 0 aromatic rings. The summed E-state index contributed by atoms with van der Waals surface area (Å²) in [5.41, 5.74) is 0. The molecule has 0 radical (unpaired) electrons. The summed E-state index contributed by atoms with van der Waals surface area (Å²) in [4.78, 5) is 22.2. The SMILES string of the molecule is CC[Si](CC)(CC)/C(=C\COC(=O)OC)COC(=O)OC. The van der Waals surface area contributed by atoms with Crippen LogP contribution in [-0.4, -0.2) is 47.8 Å². The zero-order valence-electron chi connectivity index (χ0n) is 13.6. The second-order valence-electron chi connectivity index (χ2n) is 4.58. The van der Waals surface area contributed by atoms with Crippen LogP contribution >= 0.6 is 0 Å². The third-order valence-electron chi connectivity index (χ3n) is 3.92. The highest BCUT2D eigenvalue weighted by Crippen LogP contribution is 2.29. The molecule has 0 heterocycles. The van der Waals surface area contributed by atoms with E-state index in [2.05, 4.69) is 30.2 Å². The van der Waals surface area contributed by atoms with Crippen LogP contribution in [0.2, 0.25) is 18.1 Å². The van der Waals surface area contributed by atoms with Crippen LogP contribution in [0.3, 0.4) is 0 Å². The van der Waals surface area contributed by atoms with E-state index in [1.54, 1.807) is 0 Å². The number of hydrogen-bond donors (Lipinski definition) is 0. The van der Waals surface area contributed by atoms with Crippen molar-refractivity contribution in [3.63, 3.8) is 0 Å². The lowest BCUT2D eigenvalue weighted by Gasteiger charge is -2.31. The van der Waals surface area contributed by atoms with Crippen molar-refractivity contribution in [2.75, 3.05) is 27.4 Å². The van der Waals surface area contributed by atoms with Gasteiger partial charge in [-0.25, -0.2) is 9.59 Å². The highest BCUT2D eigenvalue weighted by atomic mass is 28.3. The van der Waals surface area contributed by atoms with Gasteiger partial charge in [-0.2, -0.15) is 0 Å². The van der Waals surface area contributed by atoms with E-state index in [1.165, 1.54) is 14.2 Å². The Labute approximate surface area is 127 Å². The molecule has 0 rings (SSSR count). The summed E-state index contributed by atoms with van der Waals surface area (Å²) in [6, 6.07) is 3.11. The van der Waals surface area contributed by atoms with E-state index in [-0.39, 0.29) is 13.2 Å². The highest BCUT2D eigenvalue weighted by molar-refractivity contribution is 6.86. The van der Waals surface area contributed by atoms with Crippen LogP contribution < -0.4 is 0 Å². The maximum absolute atomic E-state index is 11.2. The molecule has 0 N–H and O–H groups in total. The topological polar surface area (TPSA) is 71.1 Å². The van der Waals surface area contributed by atoms with E-state index >= 15 is 0 Å². The Hall–Kier alpha value is -1.50. The van der Waals surface area contributed by atoms with Gasteiger partial charge in [0.1, 0.15) is 13.2 Å². The van der Waals surface area contributed by atoms with Crippen molar-refractivity contribution in [2.45, 2.75) is 38.9 Å². The molecule has 0 fully saturated rings. The first-order chi connectivity index (χ1) is 9.99. The van der Waals surface area contributed by atoms with Crippen LogP contribution in [0, 0.1) is 0 Å². The van der Waals surface area contributed by atoms with Crippen molar-refractivity contribution >= 4 is 20.4 Å². The Balaban J connectivity index is 5.01. The third-order valence-corrected chi connectivity index (χ3v) is 9.69. The van der Waals surface area contributed by atoms with Crippen LogP contribution in [0.5, 0.6) is 0 Å². The first-order valence-corrected chi connectivity index (χ1v) is 9.72. The summed E-state index contributed by atoms with van der Waals surface area (Å²) < 4.78 is 18.9. The summed E-state index contributed by atoms with van der Waals surface area (Å²) >= 11 is 0. The number of ether oxygens (including phenoxy) is 4. The summed E-state index contributed by atoms with van der Waals surface area (Å²) in [6.45, 7) is 6.73. The third kappa shape index (κ3) is 6.20. The van der Waals surface area contributed by atoms with E-state index in [0.717, 1.165) is 23.3 Å². The number of carbonyl (C=O) groups is 2. The van der Waals surface area contributed by atoms with Crippen molar-refractivity contribution in [3.05, 3.63) is 11.3 Å². The lowest BCUT2D eigenvalue weighted by Crippen LogP contribution is -2.37. The predicted molar refractivity (Wildman–Crippen MR) is 82.0 cm³/mol. The Kier molecular flexibility index (Phi) is 9.52. The smallest absolute Gasteiger partial charge is 0.438 e. The molecule has 122 valence electrons. The van der Waals surface area contributed by atoms with Gasteiger partial charge in [-0.3, -0.25) is 0 Å². The molecule has 0 saturated heterocycles. The van der Waals surface area contributed by atoms with E-state index in [9.17, 15) is 9.59 Å². The van der Waals surface area contributed by atoms with E-state index < -0.39 is 20.4 Å². The average Bonchev–Trinajstić information content (AvgIpc) is 2.53. The molecule has 0 saturated carbocycles. The number of carbonyl (C=O) groups excluding carboxylic acids is 2. The van der Waals surface area contributed by atoms with Crippen molar-refractivity contribution in [1.82, 2.24) is 0 Å². The Morgan fingerprint density at radius 2 is 1.38 bits per heavy atom. The minimum absolute atomic E-state index is 0.112. The molecule has 0 aliphatic rings. The molecule has 7 heteroatoms. The Morgan fingerprint density at radius 3 is 1.81 bits per heavy atom. The minimum Gasteiger partial charge on any atom is -0.438 e. The minimum atomic E-state index is -1.71. The van der Waals surface area contributed by atoms with Gasteiger partial charge in [0.15, 0.2) is 0 Å². The van der Waals surface area contributed by atoms with Crippen molar-refractivity contribution in [2.24, 2.45) is 0 Å². The zero-order valence-corrected chi connectivity index (χ0v) is 14.6. The standard InChI is InChI=1S/C14H26O6Si/c1-6-21(7-2,8-3)12(11-20-14(16)18-5)9-10-19-13(15)17-4/h9H,6-8,10-11H2,1-5H3/b12-9-. The van der Waals surface area contributed by atoms with Gasteiger partial charge in [-0.1, -0.05) is 38.9 Å². The van der Waals surface area contributed by atoms with Gasteiger partial charge < -0.3 is 18.9 Å². The fourth-order valence-corrected chi connectivity index (χ4v) is 6.08. The normalized spacial score (nSPS) is 11.8. The lowest BCUT2D eigenvalue weighted by atomic mass is 10.5. The Bertz CT molecular complexity index is 354. The van der Waals surface area contributed by atoms with Gasteiger partial charge in [-0.15, -0.1) is 0 Å². The molecule has 21 heavy (non-hydrogen) atoms. The average molecular weight is 318 g/mol.